The van der Waals surface area contributed by atoms with Crippen molar-refractivity contribution >= 4 is 14.7 Å². The van der Waals surface area contributed by atoms with Crippen LogP contribution >= 0.6 is 0 Å². The van der Waals surface area contributed by atoms with Gasteiger partial charge in [-0.3, -0.25) is 0 Å². The van der Waals surface area contributed by atoms with Gasteiger partial charge in [-0.15, -0.1) is 0 Å². The van der Waals surface area contributed by atoms with Gasteiger partial charge in [0, 0.05) is 0 Å². The average molecular weight is 150 g/mol. The molecule has 0 saturated carbocycles. The van der Waals surface area contributed by atoms with Crippen molar-refractivity contribution in [1.82, 2.24) is 0 Å². The van der Waals surface area contributed by atoms with E-state index in [0.717, 1.165) is 5.54 Å². The Morgan fingerprint density at radius 2 is 1.70 bits per heavy atom. The fraction of sp³-hybridized carbons (Fsp3) is 0.333. The summed E-state index contributed by atoms with van der Waals surface area (Å²) in [6, 6.07) is 10.8. The summed E-state index contributed by atoms with van der Waals surface area (Å²) in [5, 5.41) is 1.58. The molecule has 0 saturated heterocycles. The van der Waals surface area contributed by atoms with Crippen LogP contribution in [0.5, 0.6) is 0 Å². The minimum Gasteiger partial charge on any atom is -0.0667 e. The number of hydrogen-bond donors (Lipinski definition) is 0. The molecule has 0 amide bonds. The molecular formula is C9H14Si. The first-order valence-corrected chi connectivity index (χ1v) is 5.35. The SMILES string of the molecule is CC(C)[SiH2]c1ccccc1. The molecule has 1 heteroatoms. The maximum absolute atomic E-state index is 2.30. The third kappa shape index (κ3) is 2.36. The highest BCUT2D eigenvalue weighted by Gasteiger charge is 1.95. The molecule has 0 fully saturated rings. The lowest BCUT2D eigenvalue weighted by Gasteiger charge is -2.01. The Morgan fingerprint density at radius 3 is 2.20 bits per heavy atom. The molecule has 1 aromatic rings. The molecule has 0 atom stereocenters. The topological polar surface area (TPSA) is 0 Å². The normalized spacial score (nSPS) is 11.5. The summed E-state index contributed by atoms with van der Waals surface area (Å²) in [7, 11) is 0.0234. The summed E-state index contributed by atoms with van der Waals surface area (Å²) in [6.07, 6.45) is 0. The van der Waals surface area contributed by atoms with E-state index >= 15 is 0 Å². The van der Waals surface area contributed by atoms with Crippen molar-refractivity contribution in [3.8, 4) is 0 Å². The van der Waals surface area contributed by atoms with E-state index < -0.39 is 0 Å². The average Bonchev–Trinajstić information content (AvgIpc) is 1.88. The van der Waals surface area contributed by atoms with Crippen LogP contribution in [0.3, 0.4) is 0 Å². The maximum atomic E-state index is 2.30. The molecule has 0 nitrogen and oxygen atoms in total. The lowest BCUT2D eigenvalue weighted by atomic mass is 10.4. The second-order valence-corrected chi connectivity index (χ2v) is 5.94. The lowest BCUT2D eigenvalue weighted by molar-refractivity contribution is 1.07. The van der Waals surface area contributed by atoms with Gasteiger partial charge in [-0.1, -0.05) is 54.9 Å². The maximum Gasteiger partial charge on any atom is 0.0572 e. The Hall–Kier alpha value is -0.563. The van der Waals surface area contributed by atoms with E-state index in [0.29, 0.717) is 0 Å². The molecule has 10 heavy (non-hydrogen) atoms. The Kier molecular flexibility index (Phi) is 2.69. The van der Waals surface area contributed by atoms with Crippen LogP contribution in [0.2, 0.25) is 5.54 Å². The highest BCUT2D eigenvalue weighted by molar-refractivity contribution is 6.54. The first-order chi connectivity index (χ1) is 4.79. The first-order valence-electron chi connectivity index (χ1n) is 3.83. The Morgan fingerprint density at radius 1 is 1.10 bits per heavy atom. The summed E-state index contributed by atoms with van der Waals surface area (Å²) in [5.41, 5.74) is 0.905. The molecule has 0 radical (unpaired) electrons. The Labute approximate surface area is 65.1 Å². The zero-order valence-corrected chi connectivity index (χ0v) is 8.09. The highest BCUT2D eigenvalue weighted by Crippen LogP contribution is 1.96. The van der Waals surface area contributed by atoms with Crippen LogP contribution in [-0.2, 0) is 0 Å². The van der Waals surface area contributed by atoms with Gasteiger partial charge < -0.3 is 0 Å². The smallest absolute Gasteiger partial charge is 0.0572 e. The second-order valence-electron chi connectivity index (χ2n) is 3.08. The van der Waals surface area contributed by atoms with E-state index in [4.69, 9.17) is 0 Å². The van der Waals surface area contributed by atoms with Gasteiger partial charge in [-0.2, -0.15) is 0 Å². The molecule has 0 aliphatic rings. The van der Waals surface area contributed by atoms with Gasteiger partial charge in [-0.25, -0.2) is 0 Å². The van der Waals surface area contributed by atoms with Crippen LogP contribution in [0.1, 0.15) is 13.8 Å². The van der Waals surface area contributed by atoms with Crippen molar-refractivity contribution in [2.24, 2.45) is 0 Å². The van der Waals surface area contributed by atoms with Crippen molar-refractivity contribution in [3.63, 3.8) is 0 Å². The van der Waals surface area contributed by atoms with Crippen molar-refractivity contribution in [2.75, 3.05) is 0 Å². The molecule has 1 aromatic carbocycles. The highest BCUT2D eigenvalue weighted by atomic mass is 28.2. The zero-order chi connectivity index (χ0) is 7.40. The quantitative estimate of drug-likeness (QED) is 0.558. The Balaban J connectivity index is 2.59. The summed E-state index contributed by atoms with van der Waals surface area (Å²) in [5.74, 6) is 0. The van der Waals surface area contributed by atoms with Gasteiger partial charge >= 0.3 is 0 Å². The van der Waals surface area contributed by atoms with E-state index in [9.17, 15) is 0 Å². The Bertz CT molecular complexity index is 179. The summed E-state index contributed by atoms with van der Waals surface area (Å²) in [6.45, 7) is 4.61. The molecule has 0 aliphatic carbocycles. The van der Waals surface area contributed by atoms with E-state index in [-0.39, 0.29) is 9.52 Å². The number of benzene rings is 1. The van der Waals surface area contributed by atoms with Crippen LogP contribution in [0, 0.1) is 0 Å². The molecule has 0 spiro atoms. The van der Waals surface area contributed by atoms with Crippen LogP contribution in [0.25, 0.3) is 0 Å². The molecule has 0 N–H and O–H groups in total. The van der Waals surface area contributed by atoms with Crippen molar-refractivity contribution < 1.29 is 0 Å². The summed E-state index contributed by atoms with van der Waals surface area (Å²) in [4.78, 5) is 0. The number of rotatable bonds is 2. The second kappa shape index (κ2) is 3.57. The van der Waals surface area contributed by atoms with E-state index in [1.165, 1.54) is 0 Å². The third-order valence-corrected chi connectivity index (χ3v) is 3.25. The number of hydrogen-bond acceptors (Lipinski definition) is 0. The minimum absolute atomic E-state index is 0.0234. The fourth-order valence-corrected chi connectivity index (χ4v) is 2.57. The molecule has 0 bridgehead atoms. The van der Waals surface area contributed by atoms with Crippen LogP contribution in [0.15, 0.2) is 30.3 Å². The van der Waals surface area contributed by atoms with Gasteiger partial charge in [0.1, 0.15) is 0 Å². The monoisotopic (exact) mass is 150 g/mol. The van der Waals surface area contributed by atoms with Crippen LogP contribution in [-0.4, -0.2) is 9.52 Å². The van der Waals surface area contributed by atoms with Gasteiger partial charge in [0.15, 0.2) is 0 Å². The van der Waals surface area contributed by atoms with Crippen LogP contribution < -0.4 is 5.19 Å². The molecule has 1 rings (SSSR count). The minimum atomic E-state index is 0.0234. The first kappa shape index (κ1) is 7.54. The van der Waals surface area contributed by atoms with Gasteiger partial charge in [0.05, 0.1) is 9.52 Å². The van der Waals surface area contributed by atoms with Gasteiger partial charge in [0.2, 0.25) is 0 Å². The third-order valence-electron chi connectivity index (χ3n) is 1.49. The summed E-state index contributed by atoms with van der Waals surface area (Å²) < 4.78 is 0. The standard InChI is InChI=1S/C9H14Si/c1-8(2)10-9-6-4-3-5-7-9/h3-8H,10H2,1-2H3. The molecule has 0 heterocycles. The van der Waals surface area contributed by atoms with E-state index in [2.05, 4.69) is 44.2 Å². The molecular weight excluding hydrogens is 136 g/mol. The molecule has 0 aliphatic heterocycles. The fourth-order valence-electron chi connectivity index (χ4n) is 1.09. The van der Waals surface area contributed by atoms with Crippen molar-refractivity contribution in [2.45, 2.75) is 19.4 Å². The van der Waals surface area contributed by atoms with E-state index in [1.54, 1.807) is 5.19 Å². The summed E-state index contributed by atoms with van der Waals surface area (Å²) >= 11 is 0. The zero-order valence-electron chi connectivity index (χ0n) is 6.67. The largest absolute Gasteiger partial charge is 0.0667 e. The van der Waals surface area contributed by atoms with E-state index in [1.807, 2.05) is 0 Å². The molecule has 54 valence electrons. The molecule has 0 aromatic heterocycles. The predicted molar refractivity (Wildman–Crippen MR) is 49.7 cm³/mol. The predicted octanol–water partition coefficient (Wildman–Crippen LogP) is 1.31. The van der Waals surface area contributed by atoms with Crippen molar-refractivity contribution in [1.29, 1.82) is 0 Å². The van der Waals surface area contributed by atoms with Gasteiger partial charge in [0.25, 0.3) is 0 Å². The molecule has 0 unspecified atom stereocenters. The van der Waals surface area contributed by atoms with Gasteiger partial charge in [-0.05, 0) is 0 Å². The van der Waals surface area contributed by atoms with Crippen LogP contribution in [0.4, 0.5) is 0 Å². The lowest BCUT2D eigenvalue weighted by Crippen LogP contribution is -2.15. The van der Waals surface area contributed by atoms with Crippen molar-refractivity contribution in [3.05, 3.63) is 30.3 Å².